The van der Waals surface area contributed by atoms with Crippen LogP contribution in [-0.4, -0.2) is 20.8 Å². The number of aromatic amines is 1. The molecule has 0 bridgehead atoms. The minimum absolute atomic E-state index is 0.186. The summed E-state index contributed by atoms with van der Waals surface area (Å²) in [5.41, 5.74) is -2.53. The first-order chi connectivity index (χ1) is 11.2. The van der Waals surface area contributed by atoms with Gasteiger partial charge in [-0.15, -0.1) is 0 Å². The van der Waals surface area contributed by atoms with E-state index in [0.29, 0.717) is 0 Å². The maximum atomic E-state index is 12.1. The summed E-state index contributed by atoms with van der Waals surface area (Å²) in [5, 5.41) is 21.6. The molecule has 0 amide bonds. The van der Waals surface area contributed by atoms with Crippen LogP contribution in [0.1, 0.15) is 16.1 Å². The summed E-state index contributed by atoms with van der Waals surface area (Å²) in [5.74, 6) is -1.67. The largest absolute Gasteiger partial charge is 0.415 e. The smallest absolute Gasteiger partial charge is 0.376 e. The molecule has 0 saturated carbocycles. The number of H-pyrrole nitrogens is 1. The molecule has 0 aliphatic carbocycles. The Labute approximate surface area is 137 Å². The average molecular weight is 354 g/mol. The van der Waals surface area contributed by atoms with E-state index >= 15 is 0 Å². The normalized spacial score (nSPS) is 10.2. The van der Waals surface area contributed by atoms with Crippen molar-refractivity contribution in [2.24, 2.45) is 0 Å². The molecule has 0 saturated heterocycles. The van der Waals surface area contributed by atoms with Crippen LogP contribution in [0.15, 0.2) is 29.1 Å². The van der Waals surface area contributed by atoms with Crippen LogP contribution in [0.4, 0.5) is 11.4 Å². The summed E-state index contributed by atoms with van der Waals surface area (Å²) in [6, 6.07) is 4.25. The first kappa shape index (κ1) is 17.1. The number of nitrogens with zero attached hydrogens (tertiary/aromatic N) is 2. The molecule has 11 heteroatoms. The van der Waals surface area contributed by atoms with Crippen molar-refractivity contribution in [3.05, 3.63) is 71.1 Å². The van der Waals surface area contributed by atoms with E-state index in [1.165, 1.54) is 6.92 Å². The van der Waals surface area contributed by atoms with E-state index in [2.05, 4.69) is 4.98 Å². The number of carbonyl (C=O) groups is 1. The van der Waals surface area contributed by atoms with Crippen LogP contribution in [0.25, 0.3) is 0 Å². The van der Waals surface area contributed by atoms with Gasteiger partial charge in [-0.3, -0.25) is 25.0 Å². The molecular formula is C13H8ClN3O7. The van der Waals surface area contributed by atoms with Crippen LogP contribution in [0.2, 0.25) is 5.02 Å². The van der Waals surface area contributed by atoms with Crippen molar-refractivity contribution in [3.63, 3.8) is 0 Å². The van der Waals surface area contributed by atoms with Gasteiger partial charge in [-0.1, -0.05) is 11.6 Å². The second-order valence-electron chi connectivity index (χ2n) is 4.56. The number of pyridine rings is 1. The zero-order valence-corrected chi connectivity index (χ0v) is 12.7. The number of aryl methyl sites for hydroxylation is 1. The molecule has 24 heavy (non-hydrogen) atoms. The summed E-state index contributed by atoms with van der Waals surface area (Å²) in [6.45, 7) is 1.44. The van der Waals surface area contributed by atoms with Crippen LogP contribution >= 0.6 is 11.6 Å². The molecule has 124 valence electrons. The Balaban J connectivity index is 2.44. The van der Waals surface area contributed by atoms with Gasteiger partial charge in [0.1, 0.15) is 5.02 Å². The molecule has 0 aliphatic heterocycles. The molecule has 2 aromatic rings. The predicted molar refractivity (Wildman–Crippen MR) is 81.5 cm³/mol. The van der Waals surface area contributed by atoms with Gasteiger partial charge in [0.15, 0.2) is 0 Å². The third-order valence-corrected chi connectivity index (χ3v) is 3.19. The molecule has 0 spiro atoms. The maximum absolute atomic E-state index is 12.1. The van der Waals surface area contributed by atoms with Crippen molar-refractivity contribution in [2.75, 3.05) is 0 Å². The highest BCUT2D eigenvalue weighted by atomic mass is 35.5. The number of rotatable bonds is 4. The van der Waals surface area contributed by atoms with Gasteiger partial charge in [-0.05, 0) is 19.1 Å². The second kappa shape index (κ2) is 6.46. The van der Waals surface area contributed by atoms with Gasteiger partial charge in [0, 0.05) is 17.8 Å². The summed E-state index contributed by atoms with van der Waals surface area (Å²) in [7, 11) is 0. The van der Waals surface area contributed by atoms with Gasteiger partial charge in [-0.25, -0.2) is 4.79 Å². The fourth-order valence-electron chi connectivity index (χ4n) is 1.84. The monoisotopic (exact) mass is 353 g/mol. The minimum Gasteiger partial charge on any atom is -0.415 e. The van der Waals surface area contributed by atoms with E-state index in [-0.39, 0.29) is 16.3 Å². The van der Waals surface area contributed by atoms with E-state index < -0.39 is 38.5 Å². The fraction of sp³-hybridized carbons (Fsp3) is 0.0769. The molecule has 2 rings (SSSR count). The number of hydrogen-bond donors (Lipinski definition) is 1. The highest BCUT2D eigenvalue weighted by Crippen LogP contribution is 2.27. The van der Waals surface area contributed by atoms with E-state index in [4.69, 9.17) is 16.3 Å². The lowest BCUT2D eigenvalue weighted by molar-refractivity contribution is -0.387. The Morgan fingerprint density at radius 1 is 1.21 bits per heavy atom. The zero-order valence-electron chi connectivity index (χ0n) is 11.9. The lowest BCUT2D eigenvalue weighted by Gasteiger charge is -2.06. The van der Waals surface area contributed by atoms with Gasteiger partial charge in [0.2, 0.25) is 5.75 Å². The van der Waals surface area contributed by atoms with Crippen molar-refractivity contribution >= 4 is 28.9 Å². The van der Waals surface area contributed by atoms with Gasteiger partial charge in [0.25, 0.3) is 5.69 Å². The molecule has 1 aromatic carbocycles. The number of benzene rings is 1. The number of nitrogens with one attached hydrogen (secondary N) is 1. The van der Waals surface area contributed by atoms with Gasteiger partial charge >= 0.3 is 17.2 Å². The SMILES string of the molecule is Cc1cc(OC(=O)c2ccc(Cl)c([N+](=O)[O-])c2)c([N+](=O)[O-])c(=O)[nH]1. The molecule has 0 radical (unpaired) electrons. The highest BCUT2D eigenvalue weighted by molar-refractivity contribution is 6.32. The lowest BCUT2D eigenvalue weighted by atomic mass is 10.2. The Hall–Kier alpha value is -3.27. The highest BCUT2D eigenvalue weighted by Gasteiger charge is 2.25. The third kappa shape index (κ3) is 3.38. The third-order valence-electron chi connectivity index (χ3n) is 2.87. The molecule has 0 aliphatic rings. The Bertz CT molecular complexity index is 922. The first-order valence-corrected chi connectivity index (χ1v) is 6.63. The van der Waals surface area contributed by atoms with Crippen LogP contribution in [-0.2, 0) is 0 Å². The molecule has 10 nitrogen and oxygen atoms in total. The maximum Gasteiger partial charge on any atom is 0.376 e. The van der Waals surface area contributed by atoms with Gasteiger partial charge in [0.05, 0.1) is 15.4 Å². The number of carbonyl (C=O) groups excluding carboxylic acids is 1. The first-order valence-electron chi connectivity index (χ1n) is 6.25. The van der Waals surface area contributed by atoms with Crippen molar-refractivity contribution in [1.82, 2.24) is 4.98 Å². The molecule has 1 N–H and O–H groups in total. The van der Waals surface area contributed by atoms with E-state index in [9.17, 15) is 29.8 Å². The molecule has 0 unspecified atom stereocenters. The summed E-state index contributed by atoms with van der Waals surface area (Å²) in [4.78, 5) is 45.9. The quantitative estimate of drug-likeness (QED) is 0.504. The molecular weight excluding hydrogens is 346 g/mol. The number of aromatic nitrogens is 1. The summed E-state index contributed by atoms with van der Waals surface area (Å²) < 4.78 is 4.86. The van der Waals surface area contributed by atoms with Crippen LogP contribution < -0.4 is 10.3 Å². The van der Waals surface area contributed by atoms with Crippen LogP contribution in [0.3, 0.4) is 0 Å². The van der Waals surface area contributed by atoms with Crippen molar-refractivity contribution in [1.29, 1.82) is 0 Å². The van der Waals surface area contributed by atoms with Crippen molar-refractivity contribution < 1.29 is 19.4 Å². The lowest BCUT2D eigenvalue weighted by Crippen LogP contribution is -2.17. The minimum atomic E-state index is -1.11. The van der Waals surface area contributed by atoms with E-state index in [0.717, 1.165) is 24.3 Å². The molecule has 0 fully saturated rings. The fourth-order valence-corrected chi connectivity index (χ4v) is 2.03. The molecule has 0 atom stereocenters. The second-order valence-corrected chi connectivity index (χ2v) is 4.97. The zero-order chi connectivity index (χ0) is 18.0. The Kier molecular flexibility index (Phi) is 4.60. The standard InChI is InChI=1S/C13H8ClN3O7/c1-6-4-10(11(17(22)23)12(18)15-6)24-13(19)7-2-3-8(14)9(5-7)16(20)21/h2-5H,1H3,(H,15,18). The summed E-state index contributed by atoms with van der Waals surface area (Å²) >= 11 is 5.64. The number of ether oxygens (including phenoxy) is 1. The number of nitro benzene ring substituents is 1. The van der Waals surface area contributed by atoms with Gasteiger partial charge in [-0.2, -0.15) is 0 Å². The predicted octanol–water partition coefficient (Wildman–Crippen LogP) is 2.37. The number of hydrogen-bond acceptors (Lipinski definition) is 7. The Morgan fingerprint density at radius 3 is 2.46 bits per heavy atom. The van der Waals surface area contributed by atoms with Crippen LogP contribution in [0.5, 0.6) is 5.75 Å². The van der Waals surface area contributed by atoms with Crippen molar-refractivity contribution in [3.8, 4) is 5.75 Å². The number of nitro groups is 2. The summed E-state index contributed by atoms with van der Waals surface area (Å²) in [6.07, 6.45) is 0. The van der Waals surface area contributed by atoms with Crippen LogP contribution in [0, 0.1) is 27.2 Å². The van der Waals surface area contributed by atoms with E-state index in [1.807, 2.05) is 0 Å². The molecule has 1 heterocycles. The number of halogens is 1. The Morgan fingerprint density at radius 2 is 1.88 bits per heavy atom. The van der Waals surface area contributed by atoms with Crippen molar-refractivity contribution in [2.45, 2.75) is 6.92 Å². The topological polar surface area (TPSA) is 145 Å². The van der Waals surface area contributed by atoms with E-state index in [1.54, 1.807) is 0 Å². The van der Waals surface area contributed by atoms with Gasteiger partial charge < -0.3 is 9.72 Å². The number of esters is 1. The molecule has 1 aromatic heterocycles. The average Bonchev–Trinajstić information content (AvgIpc) is 2.45.